The first kappa shape index (κ1) is 11.5. The molecule has 14 heavy (non-hydrogen) atoms. The third-order valence-corrected chi connectivity index (χ3v) is 4.50. The molecule has 6 heteroatoms. The van der Waals surface area contributed by atoms with Gasteiger partial charge in [0.15, 0.2) is 9.84 Å². The number of rotatable bonds is 5. The van der Waals surface area contributed by atoms with E-state index in [4.69, 9.17) is 10.3 Å². The standard InChI is InChI=1S/C8H15NO4S/c1-2-14(12,13)7(5-10)8(9-11)6-3-4-6/h6-7,10-11H,2-5H2,1H3. The van der Waals surface area contributed by atoms with E-state index in [0.29, 0.717) is 0 Å². The first-order valence-corrected chi connectivity index (χ1v) is 6.32. The lowest BCUT2D eigenvalue weighted by Crippen LogP contribution is -2.36. The van der Waals surface area contributed by atoms with Gasteiger partial charge in [0.2, 0.25) is 0 Å². The van der Waals surface area contributed by atoms with E-state index < -0.39 is 21.7 Å². The third-order valence-electron chi connectivity index (χ3n) is 2.44. The van der Waals surface area contributed by atoms with E-state index in [9.17, 15) is 8.42 Å². The van der Waals surface area contributed by atoms with Crippen molar-refractivity contribution >= 4 is 15.5 Å². The number of aliphatic hydroxyl groups excluding tert-OH is 1. The van der Waals surface area contributed by atoms with Gasteiger partial charge < -0.3 is 10.3 Å². The monoisotopic (exact) mass is 221 g/mol. The van der Waals surface area contributed by atoms with Crippen LogP contribution >= 0.6 is 0 Å². The first-order chi connectivity index (χ1) is 6.56. The van der Waals surface area contributed by atoms with E-state index >= 15 is 0 Å². The molecule has 1 rings (SSSR count). The van der Waals surface area contributed by atoms with Crippen molar-refractivity contribution in [1.29, 1.82) is 0 Å². The van der Waals surface area contributed by atoms with Crippen molar-refractivity contribution in [2.75, 3.05) is 12.4 Å². The Hall–Kier alpha value is -0.620. The Kier molecular flexibility index (Phi) is 3.49. The molecule has 0 aromatic carbocycles. The summed E-state index contributed by atoms with van der Waals surface area (Å²) in [6.07, 6.45) is 1.68. The molecule has 82 valence electrons. The first-order valence-electron chi connectivity index (χ1n) is 4.61. The quantitative estimate of drug-likeness (QED) is 0.389. The molecule has 0 bridgehead atoms. The third kappa shape index (κ3) is 2.24. The molecular weight excluding hydrogens is 206 g/mol. The Labute approximate surface area is 83.4 Å². The summed E-state index contributed by atoms with van der Waals surface area (Å²) in [6.45, 7) is 1.01. The second kappa shape index (κ2) is 4.27. The van der Waals surface area contributed by atoms with E-state index in [1.54, 1.807) is 0 Å². The van der Waals surface area contributed by atoms with Crippen molar-refractivity contribution in [3.05, 3.63) is 0 Å². The summed E-state index contributed by atoms with van der Waals surface area (Å²) in [7, 11) is -3.37. The topological polar surface area (TPSA) is 87.0 Å². The Bertz CT molecular complexity index is 318. The molecule has 1 aliphatic rings. The van der Waals surface area contributed by atoms with Crippen molar-refractivity contribution < 1.29 is 18.7 Å². The highest BCUT2D eigenvalue weighted by Gasteiger charge is 2.38. The zero-order chi connectivity index (χ0) is 10.8. The molecule has 0 aliphatic heterocycles. The maximum Gasteiger partial charge on any atom is 0.160 e. The second-order valence-corrected chi connectivity index (χ2v) is 5.89. The van der Waals surface area contributed by atoms with Crippen molar-refractivity contribution in [3.8, 4) is 0 Å². The van der Waals surface area contributed by atoms with Crippen LogP contribution in [0.5, 0.6) is 0 Å². The molecule has 5 nitrogen and oxygen atoms in total. The normalized spacial score (nSPS) is 20.9. The van der Waals surface area contributed by atoms with Gasteiger partial charge in [-0.1, -0.05) is 12.1 Å². The second-order valence-electron chi connectivity index (χ2n) is 3.42. The predicted octanol–water partition coefficient (Wildman–Crippen LogP) is 0.0222. The maximum absolute atomic E-state index is 11.5. The summed E-state index contributed by atoms with van der Waals surface area (Å²) in [5.74, 6) is -0.0114. The van der Waals surface area contributed by atoms with Gasteiger partial charge in [-0.05, 0) is 12.8 Å². The number of hydrogen-bond donors (Lipinski definition) is 2. The fraction of sp³-hybridized carbons (Fsp3) is 0.875. The minimum absolute atomic E-state index is 0.0403. The average Bonchev–Trinajstić information content (AvgIpc) is 2.96. The van der Waals surface area contributed by atoms with Gasteiger partial charge in [-0.25, -0.2) is 8.42 Å². The van der Waals surface area contributed by atoms with E-state index in [1.165, 1.54) is 6.92 Å². The zero-order valence-electron chi connectivity index (χ0n) is 8.05. The Balaban J connectivity index is 2.90. The van der Waals surface area contributed by atoms with E-state index in [1.807, 2.05) is 0 Å². The van der Waals surface area contributed by atoms with Crippen LogP contribution in [0.15, 0.2) is 5.16 Å². The number of nitrogens with zero attached hydrogens (tertiary/aromatic N) is 1. The number of oxime groups is 1. The Morgan fingerprint density at radius 3 is 2.43 bits per heavy atom. The zero-order valence-corrected chi connectivity index (χ0v) is 8.87. The highest BCUT2D eigenvalue weighted by atomic mass is 32.2. The summed E-state index contributed by atoms with van der Waals surface area (Å²) in [4.78, 5) is 0. The van der Waals surface area contributed by atoms with Gasteiger partial charge in [0, 0.05) is 11.7 Å². The molecule has 0 saturated heterocycles. The van der Waals surface area contributed by atoms with Crippen LogP contribution in [-0.4, -0.2) is 42.1 Å². The number of aliphatic hydroxyl groups is 1. The van der Waals surface area contributed by atoms with Crippen molar-refractivity contribution in [1.82, 2.24) is 0 Å². The van der Waals surface area contributed by atoms with Crippen LogP contribution in [0.4, 0.5) is 0 Å². The molecule has 2 N–H and O–H groups in total. The molecule has 0 radical (unpaired) electrons. The van der Waals surface area contributed by atoms with Gasteiger partial charge >= 0.3 is 0 Å². The largest absolute Gasteiger partial charge is 0.411 e. The Morgan fingerprint density at radius 2 is 2.14 bits per heavy atom. The molecule has 0 aromatic heterocycles. The van der Waals surface area contributed by atoms with E-state index in [0.717, 1.165) is 12.8 Å². The van der Waals surface area contributed by atoms with Crippen LogP contribution in [0.3, 0.4) is 0 Å². The molecule has 0 spiro atoms. The van der Waals surface area contributed by atoms with E-state index in [2.05, 4.69) is 5.16 Å². The van der Waals surface area contributed by atoms with Crippen molar-refractivity contribution in [2.45, 2.75) is 25.0 Å². The molecular formula is C8H15NO4S. The van der Waals surface area contributed by atoms with Gasteiger partial charge in [-0.2, -0.15) is 0 Å². The fourth-order valence-corrected chi connectivity index (χ4v) is 2.62. The van der Waals surface area contributed by atoms with Gasteiger partial charge in [-0.3, -0.25) is 0 Å². The smallest absolute Gasteiger partial charge is 0.160 e. The summed E-state index contributed by atoms with van der Waals surface area (Å²) >= 11 is 0. The van der Waals surface area contributed by atoms with E-state index in [-0.39, 0.29) is 17.4 Å². The maximum atomic E-state index is 11.5. The van der Waals surface area contributed by atoms with Crippen LogP contribution in [0.2, 0.25) is 0 Å². The van der Waals surface area contributed by atoms with Gasteiger partial charge in [0.25, 0.3) is 0 Å². The van der Waals surface area contributed by atoms with Crippen LogP contribution < -0.4 is 0 Å². The summed E-state index contributed by atoms with van der Waals surface area (Å²) in [5, 5.41) is 19.7. The van der Waals surface area contributed by atoms with Crippen LogP contribution in [0.25, 0.3) is 0 Å². The van der Waals surface area contributed by atoms with Gasteiger partial charge in [0.1, 0.15) is 5.25 Å². The minimum Gasteiger partial charge on any atom is -0.411 e. The Morgan fingerprint density at radius 1 is 1.57 bits per heavy atom. The molecule has 0 heterocycles. The molecule has 1 atom stereocenters. The summed E-state index contributed by atoms with van der Waals surface area (Å²) < 4.78 is 23.0. The molecule has 1 aliphatic carbocycles. The minimum atomic E-state index is -3.37. The van der Waals surface area contributed by atoms with Crippen LogP contribution in [-0.2, 0) is 9.84 Å². The highest BCUT2D eigenvalue weighted by molar-refractivity contribution is 7.92. The summed E-state index contributed by atoms with van der Waals surface area (Å²) in [5.41, 5.74) is 0.217. The molecule has 1 unspecified atom stereocenters. The lowest BCUT2D eigenvalue weighted by atomic mass is 10.2. The van der Waals surface area contributed by atoms with Crippen LogP contribution in [0.1, 0.15) is 19.8 Å². The lowest BCUT2D eigenvalue weighted by molar-refractivity contribution is 0.293. The van der Waals surface area contributed by atoms with Crippen LogP contribution in [0, 0.1) is 5.92 Å². The molecule has 0 amide bonds. The van der Waals surface area contributed by atoms with Gasteiger partial charge in [-0.15, -0.1) is 0 Å². The van der Waals surface area contributed by atoms with Gasteiger partial charge in [0.05, 0.1) is 12.3 Å². The number of sulfone groups is 1. The summed E-state index contributed by atoms with van der Waals surface area (Å²) in [6, 6.07) is 0. The molecule has 1 fully saturated rings. The highest BCUT2D eigenvalue weighted by Crippen LogP contribution is 2.33. The average molecular weight is 221 g/mol. The number of hydrogen-bond acceptors (Lipinski definition) is 5. The predicted molar refractivity (Wildman–Crippen MR) is 52.3 cm³/mol. The molecule has 1 saturated carbocycles. The van der Waals surface area contributed by atoms with Crippen molar-refractivity contribution in [3.63, 3.8) is 0 Å². The van der Waals surface area contributed by atoms with Crippen molar-refractivity contribution in [2.24, 2.45) is 11.1 Å². The fourth-order valence-electron chi connectivity index (χ4n) is 1.38. The SMILES string of the molecule is CCS(=O)(=O)C(CO)C(=NO)C1CC1. The lowest BCUT2D eigenvalue weighted by Gasteiger charge is -2.14. The molecule has 0 aromatic rings.